The summed E-state index contributed by atoms with van der Waals surface area (Å²) >= 11 is 0. The summed E-state index contributed by atoms with van der Waals surface area (Å²) in [6.45, 7) is 3.78. The molecule has 2 aromatic carbocycles. The van der Waals surface area contributed by atoms with Crippen molar-refractivity contribution in [3.05, 3.63) is 77.8 Å². The molecule has 37 heavy (non-hydrogen) atoms. The molecule has 1 amide bonds. The number of benzene rings is 2. The zero-order valence-corrected chi connectivity index (χ0v) is 21.0. The number of amides is 1. The van der Waals surface area contributed by atoms with Crippen molar-refractivity contribution in [2.45, 2.75) is 6.04 Å². The number of hydrogen-bond acceptors (Lipinski definition) is 8. The number of Topliss-reactive ketones (excluding diaryl/α,β-unsaturated/α-hetero) is 1. The first-order chi connectivity index (χ1) is 17.9. The van der Waals surface area contributed by atoms with Crippen LogP contribution in [0.2, 0.25) is 0 Å². The zero-order valence-electron chi connectivity index (χ0n) is 21.0. The van der Waals surface area contributed by atoms with Gasteiger partial charge < -0.3 is 28.8 Å². The summed E-state index contributed by atoms with van der Waals surface area (Å²) in [5.41, 5.74) is 1.77. The van der Waals surface area contributed by atoms with Crippen molar-refractivity contribution in [3.63, 3.8) is 0 Å². The van der Waals surface area contributed by atoms with E-state index in [9.17, 15) is 14.7 Å². The Balaban J connectivity index is 1.57. The largest absolute Gasteiger partial charge is 0.507 e. The summed E-state index contributed by atoms with van der Waals surface area (Å²) in [6, 6.07) is 14.8. The quantitative estimate of drug-likeness (QED) is 0.309. The van der Waals surface area contributed by atoms with Gasteiger partial charge in [-0.3, -0.25) is 14.5 Å². The van der Waals surface area contributed by atoms with Crippen LogP contribution in [0.4, 0.5) is 11.4 Å². The summed E-state index contributed by atoms with van der Waals surface area (Å²) in [7, 11) is 5.08. The van der Waals surface area contributed by atoms with E-state index in [1.807, 2.05) is 24.3 Å². The Morgan fingerprint density at radius 1 is 0.946 bits per heavy atom. The summed E-state index contributed by atoms with van der Waals surface area (Å²) in [6.07, 6.45) is 1.47. The molecule has 192 valence electrons. The molecule has 3 heterocycles. The van der Waals surface area contributed by atoms with Gasteiger partial charge in [0, 0.05) is 43.6 Å². The van der Waals surface area contributed by atoms with E-state index in [4.69, 9.17) is 13.9 Å². The van der Waals surface area contributed by atoms with Crippen LogP contribution in [0.1, 0.15) is 17.4 Å². The van der Waals surface area contributed by atoms with Gasteiger partial charge in [-0.05, 0) is 55.6 Å². The summed E-state index contributed by atoms with van der Waals surface area (Å²) < 4.78 is 16.3. The molecule has 2 aliphatic heterocycles. The van der Waals surface area contributed by atoms with Crippen molar-refractivity contribution in [1.82, 2.24) is 4.90 Å². The second-order valence-corrected chi connectivity index (χ2v) is 9.06. The number of rotatable bonds is 6. The Morgan fingerprint density at radius 3 is 2.27 bits per heavy atom. The summed E-state index contributed by atoms with van der Waals surface area (Å²) in [4.78, 5) is 32.6. The Hall–Kier alpha value is -4.24. The van der Waals surface area contributed by atoms with Gasteiger partial charge in [0.05, 0.1) is 31.6 Å². The minimum atomic E-state index is -0.948. The van der Waals surface area contributed by atoms with Crippen molar-refractivity contribution in [2.75, 3.05) is 57.2 Å². The topological polar surface area (TPSA) is 95.7 Å². The average molecular weight is 504 g/mol. The second-order valence-electron chi connectivity index (χ2n) is 9.06. The predicted octanol–water partition coefficient (Wildman–Crippen LogP) is 3.67. The lowest BCUT2D eigenvalue weighted by Crippen LogP contribution is -2.44. The number of nitrogens with zero attached hydrogens (tertiary/aromatic N) is 3. The first-order valence-corrected chi connectivity index (χ1v) is 12.0. The normalized spacial score (nSPS) is 19.9. The third-order valence-corrected chi connectivity index (χ3v) is 6.92. The fourth-order valence-corrected chi connectivity index (χ4v) is 4.84. The molecular formula is C28H29N3O6. The van der Waals surface area contributed by atoms with Crippen LogP contribution in [0.5, 0.6) is 11.5 Å². The average Bonchev–Trinajstić information content (AvgIpc) is 3.55. The van der Waals surface area contributed by atoms with Crippen LogP contribution in [0, 0.1) is 0 Å². The molecule has 2 aliphatic rings. The van der Waals surface area contributed by atoms with Gasteiger partial charge in [-0.15, -0.1) is 0 Å². The molecular weight excluding hydrogens is 474 g/mol. The van der Waals surface area contributed by atoms with Crippen molar-refractivity contribution < 1.29 is 28.6 Å². The number of aliphatic hydroxyl groups is 1. The molecule has 0 bridgehead atoms. The van der Waals surface area contributed by atoms with E-state index in [1.165, 1.54) is 25.4 Å². The van der Waals surface area contributed by atoms with E-state index >= 15 is 0 Å². The number of ketones is 1. The van der Waals surface area contributed by atoms with Gasteiger partial charge in [-0.25, -0.2) is 0 Å². The lowest BCUT2D eigenvalue weighted by atomic mass is 9.98. The number of piperazine rings is 1. The minimum Gasteiger partial charge on any atom is -0.507 e. The molecule has 3 aromatic rings. The molecule has 0 radical (unpaired) electrons. The molecule has 2 fully saturated rings. The van der Waals surface area contributed by atoms with E-state index in [0.29, 0.717) is 22.9 Å². The van der Waals surface area contributed by atoms with Gasteiger partial charge in [0.1, 0.15) is 29.1 Å². The number of methoxy groups -OCH3 is 2. The van der Waals surface area contributed by atoms with E-state index in [-0.39, 0.29) is 16.9 Å². The molecule has 0 spiro atoms. The first-order valence-electron chi connectivity index (χ1n) is 12.0. The van der Waals surface area contributed by atoms with Crippen LogP contribution in [0.3, 0.4) is 0 Å². The maximum absolute atomic E-state index is 13.4. The Morgan fingerprint density at radius 2 is 1.65 bits per heavy atom. The van der Waals surface area contributed by atoms with Gasteiger partial charge >= 0.3 is 0 Å². The van der Waals surface area contributed by atoms with Crippen molar-refractivity contribution in [1.29, 1.82) is 0 Å². The maximum atomic E-state index is 13.4. The SMILES string of the molecule is COc1ccc(/C(O)=C2/C(=O)C(=O)N(c3ccc(N4CCN(C)CC4)cc3)C2c2ccco2)c(OC)c1. The highest BCUT2D eigenvalue weighted by Gasteiger charge is 2.48. The molecule has 9 nitrogen and oxygen atoms in total. The van der Waals surface area contributed by atoms with Gasteiger partial charge in [-0.1, -0.05) is 0 Å². The Bertz CT molecular complexity index is 1320. The van der Waals surface area contributed by atoms with E-state index in [0.717, 1.165) is 31.9 Å². The van der Waals surface area contributed by atoms with Crippen molar-refractivity contribution in [2.24, 2.45) is 0 Å². The Kier molecular flexibility index (Phi) is 6.62. The molecule has 9 heteroatoms. The van der Waals surface area contributed by atoms with Crippen LogP contribution in [0.25, 0.3) is 5.76 Å². The van der Waals surface area contributed by atoms with Crippen LogP contribution in [-0.4, -0.2) is 69.1 Å². The fraction of sp³-hybridized carbons (Fsp3) is 0.286. The number of furan rings is 1. The number of likely N-dealkylation sites (N-methyl/N-ethyl adjacent to an activating group) is 1. The van der Waals surface area contributed by atoms with Gasteiger partial charge in [0.2, 0.25) is 0 Å². The fourth-order valence-electron chi connectivity index (χ4n) is 4.84. The highest BCUT2D eigenvalue weighted by atomic mass is 16.5. The molecule has 2 saturated heterocycles. The van der Waals surface area contributed by atoms with Crippen LogP contribution in [-0.2, 0) is 9.59 Å². The molecule has 0 saturated carbocycles. The predicted molar refractivity (Wildman–Crippen MR) is 139 cm³/mol. The Labute approximate surface area is 215 Å². The van der Waals surface area contributed by atoms with E-state index in [2.05, 4.69) is 16.8 Å². The highest BCUT2D eigenvalue weighted by Crippen LogP contribution is 2.44. The second kappa shape index (κ2) is 10.0. The lowest BCUT2D eigenvalue weighted by molar-refractivity contribution is -0.132. The number of ether oxygens (including phenoxy) is 2. The minimum absolute atomic E-state index is 0.0773. The van der Waals surface area contributed by atoms with Gasteiger partial charge in [0.25, 0.3) is 11.7 Å². The number of aliphatic hydroxyl groups excluding tert-OH is 1. The number of carbonyl (C=O) groups is 2. The van der Waals surface area contributed by atoms with Crippen LogP contribution in [0.15, 0.2) is 70.9 Å². The summed E-state index contributed by atoms with van der Waals surface area (Å²) in [5, 5.41) is 11.4. The highest BCUT2D eigenvalue weighted by molar-refractivity contribution is 6.51. The molecule has 1 unspecified atom stereocenters. The number of anilines is 2. The van der Waals surface area contributed by atoms with Crippen molar-refractivity contribution in [3.8, 4) is 11.5 Å². The molecule has 5 rings (SSSR count). The van der Waals surface area contributed by atoms with Gasteiger partial charge in [-0.2, -0.15) is 0 Å². The van der Waals surface area contributed by atoms with Crippen LogP contribution >= 0.6 is 0 Å². The number of carbonyl (C=O) groups excluding carboxylic acids is 2. The van der Waals surface area contributed by atoms with Gasteiger partial charge in [0.15, 0.2) is 0 Å². The first kappa shape index (κ1) is 24.5. The third-order valence-electron chi connectivity index (χ3n) is 6.92. The molecule has 1 aromatic heterocycles. The van der Waals surface area contributed by atoms with E-state index in [1.54, 1.807) is 30.3 Å². The smallest absolute Gasteiger partial charge is 0.300 e. The zero-order chi connectivity index (χ0) is 26.1. The van der Waals surface area contributed by atoms with Crippen molar-refractivity contribution >= 4 is 28.8 Å². The standard InChI is InChI=1S/C28H29N3O6/c1-29-12-14-30(15-13-29)18-6-8-19(9-7-18)31-25(22-5-4-16-37-22)24(27(33)28(31)34)26(32)21-11-10-20(35-2)17-23(21)36-3/h4-11,16-17,25,32H,12-15H2,1-3H3/b26-24-. The molecule has 0 aliphatic carbocycles. The molecule has 1 N–H and O–H groups in total. The molecule has 1 atom stereocenters. The number of hydrogen-bond donors (Lipinski definition) is 1. The van der Waals surface area contributed by atoms with E-state index < -0.39 is 17.7 Å². The van der Waals surface area contributed by atoms with Crippen LogP contribution < -0.4 is 19.3 Å². The summed E-state index contributed by atoms with van der Waals surface area (Å²) in [5.74, 6) is -0.718. The monoisotopic (exact) mass is 503 g/mol. The lowest BCUT2D eigenvalue weighted by Gasteiger charge is -2.34. The maximum Gasteiger partial charge on any atom is 0.300 e. The third kappa shape index (κ3) is 4.42.